The topological polar surface area (TPSA) is 31.2 Å². The summed E-state index contributed by atoms with van der Waals surface area (Å²) in [6.45, 7) is 5.74. The molecule has 1 heterocycles. The summed E-state index contributed by atoms with van der Waals surface area (Å²) in [6, 6.07) is 2.13. The first-order valence-corrected chi connectivity index (χ1v) is 7.57. The van der Waals surface area contributed by atoms with Crippen LogP contribution in [0.2, 0.25) is 0 Å². The van der Waals surface area contributed by atoms with Crippen molar-refractivity contribution in [3.8, 4) is 0 Å². The van der Waals surface area contributed by atoms with E-state index in [0.29, 0.717) is 12.5 Å². The molecule has 0 amide bonds. The third kappa shape index (κ3) is 4.86. The largest absolute Gasteiger partial charge is 0.354 e. The SMILES string of the molecule is C=S(C)(=O)OCCCn1ccc(C(C)C)c1. The zero-order chi connectivity index (χ0) is 12.2. The monoisotopic (exact) mass is 243 g/mol. The summed E-state index contributed by atoms with van der Waals surface area (Å²) < 4.78 is 18.4. The molecule has 0 aliphatic rings. The van der Waals surface area contributed by atoms with Crippen molar-refractivity contribution in [3.63, 3.8) is 0 Å². The highest BCUT2D eigenvalue weighted by Crippen LogP contribution is 2.14. The van der Waals surface area contributed by atoms with E-state index in [4.69, 9.17) is 4.18 Å². The van der Waals surface area contributed by atoms with Crippen LogP contribution in [0.25, 0.3) is 0 Å². The summed E-state index contributed by atoms with van der Waals surface area (Å²) in [6.07, 6.45) is 6.59. The lowest BCUT2D eigenvalue weighted by Crippen LogP contribution is -2.06. The first-order chi connectivity index (χ1) is 7.38. The minimum atomic E-state index is -2.30. The van der Waals surface area contributed by atoms with Crippen LogP contribution in [0.4, 0.5) is 0 Å². The summed E-state index contributed by atoms with van der Waals surface area (Å²) in [7, 11) is -2.30. The van der Waals surface area contributed by atoms with Gasteiger partial charge in [-0.3, -0.25) is 4.18 Å². The molecular weight excluding hydrogens is 222 g/mol. The van der Waals surface area contributed by atoms with E-state index in [1.165, 1.54) is 11.8 Å². The number of aryl methyl sites for hydroxylation is 1. The minimum absolute atomic E-state index is 0.494. The Kier molecular flexibility index (Phi) is 4.62. The van der Waals surface area contributed by atoms with Crippen LogP contribution in [-0.2, 0) is 20.5 Å². The van der Waals surface area contributed by atoms with Crippen LogP contribution < -0.4 is 0 Å². The van der Waals surface area contributed by atoms with Crippen molar-refractivity contribution >= 4 is 15.7 Å². The Hall–Kier alpha value is -0.740. The van der Waals surface area contributed by atoms with Gasteiger partial charge in [-0.25, -0.2) is 4.21 Å². The van der Waals surface area contributed by atoms with E-state index in [1.54, 1.807) is 0 Å². The Labute approximate surface area is 98.6 Å². The Morgan fingerprint density at radius 3 is 2.75 bits per heavy atom. The van der Waals surface area contributed by atoms with Crippen molar-refractivity contribution < 1.29 is 8.39 Å². The van der Waals surface area contributed by atoms with Crippen molar-refractivity contribution in [1.82, 2.24) is 4.57 Å². The van der Waals surface area contributed by atoms with E-state index in [1.807, 2.05) is 0 Å². The molecule has 0 bridgehead atoms. The minimum Gasteiger partial charge on any atom is -0.354 e. The van der Waals surface area contributed by atoms with E-state index in [0.717, 1.165) is 13.0 Å². The second-order valence-corrected chi connectivity index (χ2v) is 6.53. The quantitative estimate of drug-likeness (QED) is 0.567. The van der Waals surface area contributed by atoms with E-state index in [9.17, 15) is 4.21 Å². The molecule has 1 atom stereocenters. The Bertz CT molecular complexity index is 418. The van der Waals surface area contributed by atoms with Crippen molar-refractivity contribution in [2.45, 2.75) is 32.7 Å². The number of aromatic nitrogens is 1. The standard InChI is InChI=1S/C12H21NO2S/c1-11(2)12-6-8-13(10-12)7-5-9-15-16(3,4)14/h6,8,10-11H,3,5,7,9H2,1-2,4H3. The second kappa shape index (κ2) is 5.55. The van der Waals surface area contributed by atoms with Crippen molar-refractivity contribution in [2.75, 3.05) is 12.9 Å². The van der Waals surface area contributed by atoms with Crippen molar-refractivity contribution in [3.05, 3.63) is 24.0 Å². The molecule has 16 heavy (non-hydrogen) atoms. The van der Waals surface area contributed by atoms with Crippen LogP contribution in [0.5, 0.6) is 0 Å². The van der Waals surface area contributed by atoms with Gasteiger partial charge < -0.3 is 4.57 Å². The molecule has 92 valence electrons. The Morgan fingerprint density at radius 2 is 2.25 bits per heavy atom. The van der Waals surface area contributed by atoms with Gasteiger partial charge in [0.25, 0.3) is 0 Å². The van der Waals surface area contributed by atoms with Gasteiger partial charge in [-0.1, -0.05) is 13.8 Å². The van der Waals surface area contributed by atoms with E-state index in [2.05, 4.69) is 42.7 Å². The highest BCUT2D eigenvalue weighted by atomic mass is 32.2. The van der Waals surface area contributed by atoms with Crippen LogP contribution in [0, 0.1) is 0 Å². The summed E-state index contributed by atoms with van der Waals surface area (Å²) in [4.78, 5) is 0. The Morgan fingerprint density at radius 1 is 1.56 bits per heavy atom. The molecule has 0 saturated heterocycles. The lowest BCUT2D eigenvalue weighted by molar-refractivity contribution is 0.329. The maximum absolute atomic E-state index is 11.2. The molecule has 0 aliphatic heterocycles. The predicted molar refractivity (Wildman–Crippen MR) is 70.3 cm³/mol. The zero-order valence-corrected chi connectivity index (χ0v) is 11.1. The molecule has 0 spiro atoms. The first-order valence-electron chi connectivity index (χ1n) is 5.51. The molecule has 0 aromatic carbocycles. The van der Waals surface area contributed by atoms with Gasteiger partial charge in [-0.2, -0.15) is 0 Å². The van der Waals surface area contributed by atoms with E-state index >= 15 is 0 Å². The van der Waals surface area contributed by atoms with Gasteiger partial charge in [0.15, 0.2) is 0 Å². The van der Waals surface area contributed by atoms with E-state index < -0.39 is 9.80 Å². The molecule has 4 heteroatoms. The van der Waals surface area contributed by atoms with Gasteiger partial charge in [0.05, 0.1) is 16.4 Å². The average molecular weight is 243 g/mol. The molecule has 0 saturated carbocycles. The fourth-order valence-electron chi connectivity index (χ4n) is 1.42. The summed E-state index contributed by atoms with van der Waals surface area (Å²) in [5, 5.41) is 0. The lowest BCUT2D eigenvalue weighted by atomic mass is 10.1. The van der Waals surface area contributed by atoms with Crippen LogP contribution in [0.1, 0.15) is 31.7 Å². The predicted octanol–water partition coefficient (Wildman–Crippen LogP) is 2.28. The highest BCUT2D eigenvalue weighted by Gasteiger charge is 2.01. The van der Waals surface area contributed by atoms with Crippen LogP contribution in [-0.4, -0.2) is 27.5 Å². The highest BCUT2D eigenvalue weighted by molar-refractivity contribution is 7.95. The number of hydrogen-bond acceptors (Lipinski definition) is 2. The number of hydrogen-bond donors (Lipinski definition) is 0. The first kappa shape index (κ1) is 13.3. The fourth-order valence-corrected chi connectivity index (χ4v) is 1.89. The van der Waals surface area contributed by atoms with Gasteiger partial charge in [0.2, 0.25) is 0 Å². The molecule has 0 fully saturated rings. The summed E-state index contributed by atoms with van der Waals surface area (Å²) in [5.41, 5.74) is 1.34. The Balaban J connectivity index is 2.32. The van der Waals surface area contributed by atoms with Gasteiger partial charge >= 0.3 is 0 Å². The van der Waals surface area contributed by atoms with Crippen LogP contribution in [0.15, 0.2) is 18.5 Å². The van der Waals surface area contributed by atoms with Crippen molar-refractivity contribution in [1.29, 1.82) is 0 Å². The molecule has 1 rings (SSSR count). The fraction of sp³-hybridized carbons (Fsp3) is 0.583. The number of rotatable bonds is 6. The summed E-state index contributed by atoms with van der Waals surface area (Å²) in [5.74, 6) is 4.00. The maximum atomic E-state index is 11.2. The maximum Gasteiger partial charge on any atom is 0.0741 e. The second-order valence-electron chi connectivity index (χ2n) is 4.44. The molecule has 0 aliphatic carbocycles. The smallest absolute Gasteiger partial charge is 0.0741 e. The average Bonchev–Trinajstić information content (AvgIpc) is 2.59. The molecule has 1 unspecified atom stereocenters. The normalized spacial score (nSPS) is 15.2. The number of nitrogens with zero attached hydrogens (tertiary/aromatic N) is 1. The van der Waals surface area contributed by atoms with Gasteiger partial charge in [0.1, 0.15) is 0 Å². The summed E-state index contributed by atoms with van der Waals surface area (Å²) >= 11 is 0. The van der Waals surface area contributed by atoms with Crippen LogP contribution in [0.3, 0.4) is 0 Å². The molecule has 3 nitrogen and oxygen atoms in total. The van der Waals surface area contributed by atoms with E-state index in [-0.39, 0.29) is 0 Å². The molecule has 0 radical (unpaired) electrons. The van der Waals surface area contributed by atoms with Gasteiger partial charge in [-0.05, 0) is 29.8 Å². The molecule has 0 N–H and O–H groups in total. The van der Waals surface area contributed by atoms with Crippen molar-refractivity contribution in [2.24, 2.45) is 0 Å². The van der Waals surface area contributed by atoms with Gasteiger partial charge in [0, 0.05) is 25.2 Å². The third-order valence-corrected chi connectivity index (χ3v) is 3.00. The zero-order valence-electron chi connectivity index (χ0n) is 10.3. The molecule has 1 aromatic rings. The lowest BCUT2D eigenvalue weighted by Gasteiger charge is -2.05. The molecule has 1 aromatic heterocycles. The third-order valence-electron chi connectivity index (χ3n) is 2.33. The molecular formula is C12H21NO2S. The van der Waals surface area contributed by atoms with Crippen LogP contribution >= 0.6 is 0 Å². The van der Waals surface area contributed by atoms with Gasteiger partial charge in [-0.15, -0.1) is 0 Å².